The SMILES string of the molecule is C=CCOC(=O)CN(CC(=O)OCC=C)C(=O)OCc1ccccc1. The number of rotatable bonds is 10. The van der Waals surface area contributed by atoms with E-state index in [1.807, 2.05) is 6.07 Å². The average molecular weight is 347 g/mol. The van der Waals surface area contributed by atoms with Crippen molar-refractivity contribution in [1.29, 1.82) is 0 Å². The highest BCUT2D eigenvalue weighted by atomic mass is 16.6. The van der Waals surface area contributed by atoms with Gasteiger partial charge in [0.1, 0.15) is 32.9 Å². The van der Waals surface area contributed by atoms with Gasteiger partial charge in [-0.1, -0.05) is 55.6 Å². The molecular weight excluding hydrogens is 326 g/mol. The van der Waals surface area contributed by atoms with Gasteiger partial charge in [0.05, 0.1) is 0 Å². The minimum atomic E-state index is -0.824. The fourth-order valence-corrected chi connectivity index (χ4v) is 1.70. The Kier molecular flexibility index (Phi) is 9.14. The molecule has 1 aromatic carbocycles. The van der Waals surface area contributed by atoms with Crippen molar-refractivity contribution < 1.29 is 28.6 Å². The van der Waals surface area contributed by atoms with Crippen LogP contribution in [0.3, 0.4) is 0 Å². The van der Waals surface area contributed by atoms with E-state index in [1.54, 1.807) is 24.3 Å². The van der Waals surface area contributed by atoms with Gasteiger partial charge in [-0.25, -0.2) is 4.79 Å². The second-order valence-electron chi connectivity index (χ2n) is 4.84. The van der Waals surface area contributed by atoms with Crippen LogP contribution < -0.4 is 0 Å². The summed E-state index contributed by atoms with van der Waals surface area (Å²) in [4.78, 5) is 36.5. The molecule has 0 bridgehead atoms. The summed E-state index contributed by atoms with van der Waals surface area (Å²) in [5.74, 6) is -1.37. The number of hydrogen-bond acceptors (Lipinski definition) is 6. The molecule has 0 spiro atoms. The first-order valence-electron chi connectivity index (χ1n) is 7.55. The molecule has 25 heavy (non-hydrogen) atoms. The van der Waals surface area contributed by atoms with Crippen molar-refractivity contribution in [3.8, 4) is 0 Å². The van der Waals surface area contributed by atoms with Crippen molar-refractivity contribution in [1.82, 2.24) is 4.90 Å². The van der Waals surface area contributed by atoms with Gasteiger partial charge in [-0.2, -0.15) is 0 Å². The third kappa shape index (κ3) is 8.36. The van der Waals surface area contributed by atoms with Crippen molar-refractivity contribution in [2.45, 2.75) is 6.61 Å². The first-order chi connectivity index (χ1) is 12.1. The zero-order valence-corrected chi connectivity index (χ0v) is 13.9. The van der Waals surface area contributed by atoms with Gasteiger partial charge >= 0.3 is 18.0 Å². The topological polar surface area (TPSA) is 82.1 Å². The molecule has 0 saturated carbocycles. The first kappa shape index (κ1) is 20.0. The third-order valence-corrected chi connectivity index (χ3v) is 2.83. The molecule has 0 atom stereocenters. The molecule has 1 amide bonds. The highest BCUT2D eigenvalue weighted by Gasteiger charge is 2.23. The Morgan fingerprint density at radius 3 is 1.88 bits per heavy atom. The number of benzene rings is 1. The molecule has 0 saturated heterocycles. The number of carbonyl (C=O) groups excluding carboxylic acids is 3. The molecule has 0 aliphatic heterocycles. The van der Waals surface area contributed by atoms with Crippen LogP contribution in [-0.4, -0.2) is 49.2 Å². The van der Waals surface area contributed by atoms with Gasteiger partial charge < -0.3 is 14.2 Å². The lowest BCUT2D eigenvalue weighted by Gasteiger charge is -2.20. The Morgan fingerprint density at radius 1 is 0.880 bits per heavy atom. The van der Waals surface area contributed by atoms with Crippen LogP contribution in [0.2, 0.25) is 0 Å². The smallest absolute Gasteiger partial charge is 0.411 e. The van der Waals surface area contributed by atoms with Crippen molar-refractivity contribution in [2.24, 2.45) is 0 Å². The monoisotopic (exact) mass is 347 g/mol. The highest BCUT2D eigenvalue weighted by molar-refractivity contribution is 5.82. The molecule has 0 fully saturated rings. The van der Waals surface area contributed by atoms with Crippen molar-refractivity contribution in [3.63, 3.8) is 0 Å². The van der Waals surface area contributed by atoms with Crippen LogP contribution in [0.5, 0.6) is 0 Å². The highest BCUT2D eigenvalue weighted by Crippen LogP contribution is 2.04. The summed E-state index contributed by atoms with van der Waals surface area (Å²) >= 11 is 0. The molecule has 0 radical (unpaired) electrons. The van der Waals surface area contributed by atoms with Gasteiger partial charge in [-0.05, 0) is 5.56 Å². The summed E-state index contributed by atoms with van der Waals surface area (Å²) in [7, 11) is 0. The molecule has 0 unspecified atom stereocenters. The van der Waals surface area contributed by atoms with Crippen LogP contribution in [0.25, 0.3) is 0 Å². The van der Waals surface area contributed by atoms with Crippen molar-refractivity contribution >= 4 is 18.0 Å². The van der Waals surface area contributed by atoms with Gasteiger partial charge in [0.15, 0.2) is 0 Å². The summed E-state index contributed by atoms with van der Waals surface area (Å²) in [5, 5.41) is 0. The normalized spacial score (nSPS) is 9.60. The summed E-state index contributed by atoms with van der Waals surface area (Å²) in [6.07, 6.45) is 1.97. The van der Waals surface area contributed by atoms with E-state index in [9.17, 15) is 14.4 Å². The van der Waals surface area contributed by atoms with E-state index < -0.39 is 31.1 Å². The second-order valence-corrected chi connectivity index (χ2v) is 4.84. The Bertz CT molecular complexity index is 573. The van der Waals surface area contributed by atoms with Gasteiger partial charge in [-0.3, -0.25) is 14.5 Å². The molecule has 0 N–H and O–H groups in total. The Morgan fingerprint density at radius 2 is 1.40 bits per heavy atom. The second kappa shape index (κ2) is 11.4. The third-order valence-electron chi connectivity index (χ3n) is 2.83. The number of nitrogens with zero attached hydrogens (tertiary/aromatic N) is 1. The number of amides is 1. The molecule has 0 aliphatic carbocycles. The zero-order chi connectivity index (χ0) is 18.5. The fourth-order valence-electron chi connectivity index (χ4n) is 1.70. The molecular formula is C18H21NO6. The zero-order valence-electron chi connectivity index (χ0n) is 13.9. The predicted octanol–water partition coefficient (Wildman–Crippen LogP) is 2.08. The number of esters is 2. The number of ether oxygens (including phenoxy) is 3. The molecule has 1 aromatic rings. The Labute approximate surface area is 146 Å². The maximum atomic E-state index is 12.2. The summed E-state index contributed by atoms with van der Waals surface area (Å²) in [6, 6.07) is 9.02. The quantitative estimate of drug-likeness (QED) is 0.366. The van der Waals surface area contributed by atoms with Crippen LogP contribution >= 0.6 is 0 Å². The van der Waals surface area contributed by atoms with Crippen LogP contribution in [0.1, 0.15) is 5.56 Å². The standard InChI is InChI=1S/C18H21NO6/c1-3-10-23-16(20)12-19(13-17(21)24-11-4-2)18(22)25-14-15-8-6-5-7-9-15/h3-9H,1-2,10-14H2. The van der Waals surface area contributed by atoms with E-state index in [0.717, 1.165) is 10.5 Å². The minimum absolute atomic E-state index is 0.00659. The summed E-state index contributed by atoms with van der Waals surface area (Å²) in [6.45, 7) is 6.00. The lowest BCUT2D eigenvalue weighted by atomic mass is 10.2. The molecule has 134 valence electrons. The van der Waals surface area contributed by atoms with Gasteiger partial charge in [0, 0.05) is 0 Å². The van der Waals surface area contributed by atoms with Crippen molar-refractivity contribution in [3.05, 3.63) is 61.2 Å². The largest absolute Gasteiger partial charge is 0.460 e. The minimum Gasteiger partial charge on any atom is -0.460 e. The first-order valence-corrected chi connectivity index (χ1v) is 7.55. The van der Waals surface area contributed by atoms with Crippen LogP contribution in [-0.2, 0) is 30.4 Å². The Balaban J connectivity index is 2.64. The maximum Gasteiger partial charge on any atom is 0.411 e. The van der Waals surface area contributed by atoms with E-state index in [1.165, 1.54) is 12.2 Å². The van der Waals surface area contributed by atoms with E-state index in [4.69, 9.17) is 14.2 Å². The predicted molar refractivity (Wildman–Crippen MR) is 90.5 cm³/mol. The maximum absolute atomic E-state index is 12.2. The van der Waals surface area contributed by atoms with Crippen LogP contribution in [0.15, 0.2) is 55.6 Å². The number of hydrogen-bond donors (Lipinski definition) is 0. The molecule has 1 rings (SSSR count). The van der Waals surface area contributed by atoms with Gasteiger partial charge in [-0.15, -0.1) is 0 Å². The van der Waals surface area contributed by atoms with Gasteiger partial charge in [0.25, 0.3) is 0 Å². The van der Waals surface area contributed by atoms with Gasteiger partial charge in [0.2, 0.25) is 0 Å². The average Bonchev–Trinajstić information content (AvgIpc) is 2.63. The molecule has 0 aliphatic rings. The summed E-state index contributed by atoms with van der Waals surface area (Å²) < 4.78 is 14.8. The number of carbonyl (C=O) groups is 3. The molecule has 7 nitrogen and oxygen atoms in total. The van der Waals surface area contributed by atoms with E-state index >= 15 is 0 Å². The Hall–Kier alpha value is -3.09. The molecule has 0 heterocycles. The van der Waals surface area contributed by atoms with Crippen LogP contribution in [0, 0.1) is 0 Å². The van der Waals surface area contributed by atoms with E-state index in [2.05, 4.69) is 13.2 Å². The lowest BCUT2D eigenvalue weighted by Crippen LogP contribution is -2.40. The molecule has 7 heteroatoms. The van der Waals surface area contributed by atoms with Crippen molar-refractivity contribution in [2.75, 3.05) is 26.3 Å². The molecule has 0 aromatic heterocycles. The van der Waals surface area contributed by atoms with E-state index in [0.29, 0.717) is 0 Å². The summed E-state index contributed by atoms with van der Waals surface area (Å²) in [5.41, 5.74) is 0.777. The fraction of sp³-hybridized carbons (Fsp3) is 0.278. The van der Waals surface area contributed by atoms with Crippen LogP contribution in [0.4, 0.5) is 4.79 Å². The van der Waals surface area contributed by atoms with E-state index in [-0.39, 0.29) is 19.8 Å². The lowest BCUT2D eigenvalue weighted by molar-refractivity contribution is -0.146.